The van der Waals surface area contributed by atoms with Crippen molar-refractivity contribution in [3.05, 3.63) is 0 Å². The fraction of sp³-hybridized carbons (Fsp3) is 0.971. The molecule has 0 heterocycles. The van der Waals surface area contributed by atoms with Gasteiger partial charge >= 0.3 is 5.97 Å². The second-order valence-electron chi connectivity index (χ2n) is 10.7. The smallest absolute Gasteiger partial charge is 0.305 e. The molecule has 0 bridgehead atoms. The van der Waals surface area contributed by atoms with Crippen molar-refractivity contribution in [2.75, 3.05) is 126 Å². The van der Waals surface area contributed by atoms with Gasteiger partial charge in [-0.05, 0) is 12.8 Å². The van der Waals surface area contributed by atoms with Crippen molar-refractivity contribution in [1.82, 2.24) is 0 Å². The predicted octanol–water partition coefficient (Wildman–Crippen LogP) is 5.40. The van der Waals surface area contributed by atoms with Crippen molar-refractivity contribution in [3.63, 3.8) is 0 Å². The summed E-state index contributed by atoms with van der Waals surface area (Å²) in [6.07, 6.45) is 14.0. The van der Waals surface area contributed by atoms with Crippen LogP contribution in [0.4, 0.5) is 0 Å². The van der Waals surface area contributed by atoms with Gasteiger partial charge in [0.2, 0.25) is 0 Å². The molecule has 0 saturated heterocycles. The Morgan fingerprint density at radius 3 is 0.933 bits per heavy atom. The summed E-state index contributed by atoms with van der Waals surface area (Å²) in [5.41, 5.74) is 0. The van der Waals surface area contributed by atoms with Gasteiger partial charge in [-0.3, -0.25) is 4.79 Å². The number of carbonyl (C=O) groups is 1. The minimum absolute atomic E-state index is 0.155. The maximum absolute atomic E-state index is 11.5. The number of carbonyl (C=O) groups excluding carboxylic acids is 1. The van der Waals surface area contributed by atoms with E-state index in [0.29, 0.717) is 119 Å². The van der Waals surface area contributed by atoms with Crippen molar-refractivity contribution >= 4 is 5.97 Å². The Morgan fingerprint density at radius 1 is 0.311 bits per heavy atom. The summed E-state index contributed by atoms with van der Waals surface area (Å²) < 4.78 is 54.5. The first-order valence-corrected chi connectivity index (χ1v) is 17.7. The number of rotatable bonds is 40. The highest BCUT2D eigenvalue weighted by atomic mass is 16.6. The molecule has 11 nitrogen and oxygen atoms in total. The van der Waals surface area contributed by atoms with Crippen molar-refractivity contribution < 1.29 is 52.2 Å². The van der Waals surface area contributed by atoms with Crippen molar-refractivity contribution in [2.45, 2.75) is 90.9 Å². The molecule has 0 aliphatic rings. The Kier molecular flexibility index (Phi) is 40.3. The van der Waals surface area contributed by atoms with Crippen LogP contribution in [-0.2, 0) is 52.2 Å². The molecule has 0 rings (SSSR count). The lowest BCUT2D eigenvalue weighted by Crippen LogP contribution is -2.15. The average Bonchev–Trinajstić information content (AvgIpc) is 3.04. The van der Waals surface area contributed by atoms with E-state index < -0.39 is 0 Å². The van der Waals surface area contributed by atoms with E-state index in [4.69, 9.17) is 47.4 Å². The van der Waals surface area contributed by atoms with Gasteiger partial charge in [-0.1, -0.05) is 71.6 Å². The maximum Gasteiger partial charge on any atom is 0.305 e. The van der Waals surface area contributed by atoms with Crippen LogP contribution in [-0.4, -0.2) is 132 Å². The number of ether oxygens (including phenoxy) is 10. The highest BCUT2D eigenvalue weighted by molar-refractivity contribution is 5.69. The summed E-state index contributed by atoms with van der Waals surface area (Å²) in [5.74, 6) is -0.155. The number of hydrogen-bond acceptors (Lipinski definition) is 11. The largest absolute Gasteiger partial charge is 0.463 e. The molecule has 0 amide bonds. The molecule has 0 atom stereocenters. The second-order valence-corrected chi connectivity index (χ2v) is 10.7. The highest BCUT2D eigenvalue weighted by Gasteiger charge is 2.02. The number of unbranched alkanes of at least 4 members (excludes halogenated alkanes) is 9. The fourth-order valence-corrected chi connectivity index (χ4v) is 4.01. The Bertz CT molecular complexity index is 554. The van der Waals surface area contributed by atoms with Crippen molar-refractivity contribution in [2.24, 2.45) is 0 Å². The highest BCUT2D eigenvalue weighted by Crippen LogP contribution is 2.08. The first kappa shape index (κ1) is 44.1. The van der Waals surface area contributed by atoms with Gasteiger partial charge in [0.1, 0.15) is 6.61 Å². The van der Waals surface area contributed by atoms with Crippen LogP contribution in [0.2, 0.25) is 0 Å². The van der Waals surface area contributed by atoms with Crippen LogP contribution in [0.15, 0.2) is 0 Å². The summed E-state index contributed by atoms with van der Waals surface area (Å²) in [7, 11) is 0. The average molecular weight is 653 g/mol. The first-order valence-electron chi connectivity index (χ1n) is 17.7. The molecule has 0 aromatic rings. The lowest BCUT2D eigenvalue weighted by molar-refractivity contribution is -0.145. The Balaban J connectivity index is 3.07. The van der Waals surface area contributed by atoms with Crippen LogP contribution in [0.1, 0.15) is 90.9 Å². The van der Waals surface area contributed by atoms with Crippen LogP contribution >= 0.6 is 0 Å². The van der Waals surface area contributed by atoms with Crippen LogP contribution in [0.25, 0.3) is 0 Å². The SMILES string of the molecule is CCCCCCCCCCOCCOCCOCCOCCOCCOCCOCCOCCOCCOC(=O)CCCCC. The van der Waals surface area contributed by atoms with E-state index in [1.165, 1.54) is 44.9 Å². The molecule has 0 aliphatic carbocycles. The Morgan fingerprint density at radius 2 is 0.578 bits per heavy atom. The van der Waals surface area contributed by atoms with Gasteiger partial charge in [0, 0.05) is 13.0 Å². The zero-order valence-electron chi connectivity index (χ0n) is 28.9. The molecule has 0 N–H and O–H groups in total. The van der Waals surface area contributed by atoms with Crippen LogP contribution in [0.3, 0.4) is 0 Å². The first-order chi connectivity index (χ1) is 22.3. The second kappa shape index (κ2) is 41.1. The van der Waals surface area contributed by atoms with Crippen LogP contribution < -0.4 is 0 Å². The maximum atomic E-state index is 11.5. The molecule has 45 heavy (non-hydrogen) atoms. The third-order valence-corrected chi connectivity index (χ3v) is 6.59. The third kappa shape index (κ3) is 41.1. The zero-order valence-corrected chi connectivity index (χ0v) is 28.9. The van der Waals surface area contributed by atoms with E-state index >= 15 is 0 Å². The van der Waals surface area contributed by atoms with Gasteiger partial charge < -0.3 is 47.4 Å². The van der Waals surface area contributed by atoms with Gasteiger partial charge in [0.25, 0.3) is 0 Å². The van der Waals surface area contributed by atoms with E-state index in [1.54, 1.807) is 0 Å². The number of hydrogen-bond donors (Lipinski definition) is 0. The third-order valence-electron chi connectivity index (χ3n) is 6.59. The van der Waals surface area contributed by atoms with Gasteiger partial charge in [0.15, 0.2) is 0 Å². The molecule has 0 radical (unpaired) electrons. The topological polar surface area (TPSA) is 109 Å². The quantitative estimate of drug-likeness (QED) is 0.0627. The van der Waals surface area contributed by atoms with Gasteiger partial charge in [-0.15, -0.1) is 0 Å². The van der Waals surface area contributed by atoms with E-state index in [-0.39, 0.29) is 12.6 Å². The van der Waals surface area contributed by atoms with Crippen LogP contribution in [0, 0.1) is 0 Å². The monoisotopic (exact) mass is 652 g/mol. The molecule has 0 spiro atoms. The summed E-state index contributed by atoms with van der Waals surface area (Å²) in [5, 5.41) is 0. The zero-order chi connectivity index (χ0) is 32.6. The standard InChI is InChI=1S/C34H68O11/c1-3-5-7-8-9-10-11-13-15-36-16-17-37-18-19-38-20-21-39-22-23-40-24-25-41-26-27-42-28-29-43-30-31-44-32-33-45-34(35)14-12-6-4-2/h3-33H2,1-2H3. The minimum atomic E-state index is -0.155. The summed E-state index contributed by atoms with van der Waals surface area (Å²) >= 11 is 0. The molecule has 11 heteroatoms. The molecular formula is C34H68O11. The molecule has 0 aliphatic heterocycles. The lowest BCUT2D eigenvalue weighted by atomic mass is 10.1. The molecule has 0 saturated carbocycles. The Labute approximate surface area is 274 Å². The minimum Gasteiger partial charge on any atom is -0.463 e. The van der Waals surface area contributed by atoms with Crippen LogP contribution in [0.5, 0.6) is 0 Å². The molecule has 270 valence electrons. The van der Waals surface area contributed by atoms with E-state index in [0.717, 1.165) is 32.3 Å². The molecule has 0 aromatic carbocycles. The molecule has 0 fully saturated rings. The van der Waals surface area contributed by atoms with Crippen molar-refractivity contribution in [1.29, 1.82) is 0 Å². The lowest BCUT2D eigenvalue weighted by Gasteiger charge is -2.09. The summed E-state index contributed by atoms with van der Waals surface area (Å²) in [6, 6.07) is 0. The summed E-state index contributed by atoms with van der Waals surface area (Å²) in [4.78, 5) is 11.5. The molecule has 0 unspecified atom stereocenters. The fourth-order valence-electron chi connectivity index (χ4n) is 4.01. The van der Waals surface area contributed by atoms with Gasteiger partial charge in [-0.25, -0.2) is 0 Å². The van der Waals surface area contributed by atoms with E-state index in [1.807, 2.05) is 0 Å². The van der Waals surface area contributed by atoms with E-state index in [9.17, 15) is 4.79 Å². The van der Waals surface area contributed by atoms with Crippen molar-refractivity contribution in [3.8, 4) is 0 Å². The Hall–Kier alpha value is -0.890. The summed E-state index contributed by atoms with van der Waals surface area (Å²) in [6.45, 7) is 14.3. The molecule has 0 aromatic heterocycles. The number of esters is 1. The predicted molar refractivity (Wildman–Crippen MR) is 175 cm³/mol. The normalized spacial score (nSPS) is 11.4. The molecular weight excluding hydrogens is 584 g/mol. The van der Waals surface area contributed by atoms with Gasteiger partial charge in [-0.2, -0.15) is 0 Å². The van der Waals surface area contributed by atoms with E-state index in [2.05, 4.69) is 13.8 Å². The van der Waals surface area contributed by atoms with Gasteiger partial charge in [0.05, 0.1) is 112 Å².